The topological polar surface area (TPSA) is 33.1 Å². The van der Waals surface area contributed by atoms with Crippen LogP contribution in [0.25, 0.3) is 0 Å². The molecule has 0 saturated heterocycles. The lowest BCUT2D eigenvalue weighted by Gasteiger charge is -2.16. The molecule has 0 bridgehead atoms. The first kappa shape index (κ1) is 9.61. The van der Waals surface area contributed by atoms with Crippen molar-refractivity contribution in [3.63, 3.8) is 0 Å². The van der Waals surface area contributed by atoms with Crippen LogP contribution in [0.4, 0.5) is 4.39 Å². The highest BCUT2D eigenvalue weighted by Gasteiger charge is 2.17. The van der Waals surface area contributed by atoms with Crippen LogP contribution in [0.15, 0.2) is 16.9 Å². The van der Waals surface area contributed by atoms with Crippen molar-refractivity contribution < 1.29 is 9.50 Å². The standard InChI is InChI=1S/C8H9BrFNO/c1-8(2,12)5-3-6(10)7(9)11-4-5/h3-4,12H,1-2H3. The second kappa shape index (κ2) is 3.11. The minimum atomic E-state index is -1.05. The molecule has 1 aromatic heterocycles. The Kier molecular flexibility index (Phi) is 2.49. The maximum absolute atomic E-state index is 12.9. The van der Waals surface area contributed by atoms with Gasteiger partial charge in [-0.3, -0.25) is 0 Å². The summed E-state index contributed by atoms with van der Waals surface area (Å²) in [5.74, 6) is -0.463. The summed E-state index contributed by atoms with van der Waals surface area (Å²) >= 11 is 2.93. The third-order valence-corrected chi connectivity index (χ3v) is 2.09. The SMILES string of the molecule is CC(C)(O)c1cnc(Br)c(F)c1. The zero-order chi connectivity index (χ0) is 9.35. The molecule has 1 rings (SSSR count). The van der Waals surface area contributed by atoms with Crippen molar-refractivity contribution >= 4 is 15.9 Å². The molecule has 0 aliphatic heterocycles. The van der Waals surface area contributed by atoms with E-state index in [9.17, 15) is 9.50 Å². The summed E-state index contributed by atoms with van der Waals surface area (Å²) in [5, 5.41) is 9.48. The Bertz CT molecular complexity index is 296. The van der Waals surface area contributed by atoms with Gasteiger partial charge in [0.15, 0.2) is 5.82 Å². The minimum Gasteiger partial charge on any atom is -0.386 e. The minimum absolute atomic E-state index is 0.163. The molecule has 0 saturated carbocycles. The van der Waals surface area contributed by atoms with Gasteiger partial charge in [-0.1, -0.05) is 0 Å². The lowest BCUT2D eigenvalue weighted by atomic mass is 10.0. The maximum atomic E-state index is 12.9. The smallest absolute Gasteiger partial charge is 0.156 e. The van der Waals surface area contributed by atoms with Crippen molar-refractivity contribution in [2.24, 2.45) is 0 Å². The summed E-state index contributed by atoms with van der Waals surface area (Å²) in [6.07, 6.45) is 1.44. The molecule has 0 unspecified atom stereocenters. The van der Waals surface area contributed by atoms with E-state index in [1.54, 1.807) is 13.8 Å². The molecule has 0 radical (unpaired) electrons. The normalized spacial score (nSPS) is 11.8. The Morgan fingerprint density at radius 3 is 2.58 bits per heavy atom. The van der Waals surface area contributed by atoms with Crippen molar-refractivity contribution in [1.82, 2.24) is 4.98 Å². The quantitative estimate of drug-likeness (QED) is 0.755. The van der Waals surface area contributed by atoms with Crippen LogP contribution < -0.4 is 0 Å². The second-order valence-electron chi connectivity index (χ2n) is 3.06. The fourth-order valence-electron chi connectivity index (χ4n) is 0.756. The van der Waals surface area contributed by atoms with Crippen LogP contribution in [0.1, 0.15) is 19.4 Å². The summed E-state index contributed by atoms with van der Waals surface area (Å²) in [5.41, 5.74) is -0.586. The Labute approximate surface area is 78.6 Å². The van der Waals surface area contributed by atoms with Gasteiger partial charge in [-0.15, -0.1) is 0 Å². The molecule has 0 aliphatic carbocycles. The van der Waals surface area contributed by atoms with E-state index in [2.05, 4.69) is 20.9 Å². The average Bonchev–Trinajstić information content (AvgIpc) is 1.92. The van der Waals surface area contributed by atoms with Crippen molar-refractivity contribution in [2.45, 2.75) is 19.4 Å². The number of halogens is 2. The van der Waals surface area contributed by atoms with E-state index < -0.39 is 11.4 Å². The maximum Gasteiger partial charge on any atom is 0.156 e. The first-order valence-corrected chi connectivity index (χ1v) is 4.24. The summed E-state index contributed by atoms with van der Waals surface area (Å²) in [4.78, 5) is 3.73. The van der Waals surface area contributed by atoms with Gasteiger partial charge in [0.1, 0.15) is 4.60 Å². The third-order valence-electron chi connectivity index (χ3n) is 1.50. The van der Waals surface area contributed by atoms with Crippen LogP contribution in [0.2, 0.25) is 0 Å². The fraction of sp³-hybridized carbons (Fsp3) is 0.375. The molecule has 0 fully saturated rings. The van der Waals surface area contributed by atoms with Gasteiger partial charge in [-0.2, -0.15) is 0 Å². The first-order valence-electron chi connectivity index (χ1n) is 3.45. The number of aromatic nitrogens is 1. The van der Waals surface area contributed by atoms with Gasteiger partial charge in [0, 0.05) is 11.8 Å². The number of hydrogen-bond donors (Lipinski definition) is 1. The molecule has 66 valence electrons. The molecule has 4 heteroatoms. The van der Waals surface area contributed by atoms with Gasteiger partial charge in [-0.05, 0) is 35.8 Å². The molecule has 1 N–H and O–H groups in total. The second-order valence-corrected chi connectivity index (χ2v) is 3.81. The molecule has 1 heterocycles. The number of aliphatic hydroxyl groups is 1. The van der Waals surface area contributed by atoms with Crippen LogP contribution in [0.3, 0.4) is 0 Å². The number of rotatable bonds is 1. The van der Waals surface area contributed by atoms with Crippen molar-refractivity contribution in [3.8, 4) is 0 Å². The lowest BCUT2D eigenvalue weighted by Crippen LogP contribution is -2.16. The summed E-state index contributed by atoms with van der Waals surface area (Å²) < 4.78 is 13.1. The van der Waals surface area contributed by atoms with Gasteiger partial charge < -0.3 is 5.11 Å². The highest BCUT2D eigenvalue weighted by Crippen LogP contribution is 2.21. The zero-order valence-corrected chi connectivity index (χ0v) is 8.39. The predicted molar refractivity (Wildman–Crippen MR) is 47.1 cm³/mol. The van der Waals surface area contributed by atoms with E-state index in [4.69, 9.17) is 0 Å². The van der Waals surface area contributed by atoms with Gasteiger partial charge in [-0.25, -0.2) is 9.37 Å². The third kappa shape index (κ3) is 2.01. The van der Waals surface area contributed by atoms with Gasteiger partial charge in [0.05, 0.1) is 5.60 Å². The molecule has 12 heavy (non-hydrogen) atoms. The monoisotopic (exact) mass is 233 g/mol. The molecule has 0 aliphatic rings. The van der Waals surface area contributed by atoms with Crippen LogP contribution in [0, 0.1) is 5.82 Å². The van der Waals surface area contributed by atoms with E-state index >= 15 is 0 Å². The molecule has 0 spiro atoms. The Morgan fingerprint density at radius 1 is 1.58 bits per heavy atom. The molecule has 0 atom stereocenters. The van der Waals surface area contributed by atoms with E-state index in [0.717, 1.165) is 0 Å². The number of hydrogen-bond acceptors (Lipinski definition) is 2. The summed E-state index contributed by atoms with van der Waals surface area (Å²) in [6, 6.07) is 1.26. The molecule has 1 aromatic rings. The molecular formula is C8H9BrFNO. The number of pyridine rings is 1. The van der Waals surface area contributed by atoms with E-state index in [0.29, 0.717) is 5.56 Å². The van der Waals surface area contributed by atoms with E-state index in [1.165, 1.54) is 12.3 Å². The zero-order valence-electron chi connectivity index (χ0n) is 6.81. The highest BCUT2D eigenvalue weighted by atomic mass is 79.9. The Balaban J connectivity index is 3.14. The van der Waals surface area contributed by atoms with Crippen LogP contribution in [-0.4, -0.2) is 10.1 Å². The lowest BCUT2D eigenvalue weighted by molar-refractivity contribution is 0.0778. The predicted octanol–water partition coefficient (Wildman–Crippen LogP) is 2.21. The van der Waals surface area contributed by atoms with E-state index in [-0.39, 0.29) is 4.60 Å². The molecular weight excluding hydrogens is 225 g/mol. The van der Waals surface area contributed by atoms with Gasteiger partial charge in [0.2, 0.25) is 0 Å². The van der Waals surface area contributed by atoms with Crippen LogP contribution >= 0.6 is 15.9 Å². The van der Waals surface area contributed by atoms with Crippen LogP contribution in [-0.2, 0) is 5.60 Å². The summed E-state index contributed by atoms with van der Waals surface area (Å²) in [7, 11) is 0. The Morgan fingerprint density at radius 2 is 2.17 bits per heavy atom. The van der Waals surface area contributed by atoms with E-state index in [1.807, 2.05) is 0 Å². The van der Waals surface area contributed by atoms with Gasteiger partial charge in [0.25, 0.3) is 0 Å². The van der Waals surface area contributed by atoms with Crippen molar-refractivity contribution in [3.05, 3.63) is 28.2 Å². The van der Waals surface area contributed by atoms with Crippen molar-refractivity contribution in [2.75, 3.05) is 0 Å². The highest BCUT2D eigenvalue weighted by molar-refractivity contribution is 9.10. The molecule has 0 amide bonds. The Hall–Kier alpha value is -0.480. The number of nitrogens with zero attached hydrogens (tertiary/aromatic N) is 1. The summed E-state index contributed by atoms with van der Waals surface area (Å²) in [6.45, 7) is 3.16. The average molecular weight is 234 g/mol. The largest absolute Gasteiger partial charge is 0.386 e. The van der Waals surface area contributed by atoms with Gasteiger partial charge >= 0.3 is 0 Å². The van der Waals surface area contributed by atoms with Crippen molar-refractivity contribution in [1.29, 1.82) is 0 Å². The first-order chi connectivity index (χ1) is 5.41. The molecule has 2 nitrogen and oxygen atoms in total. The fourth-order valence-corrected chi connectivity index (χ4v) is 0.973. The molecule has 0 aromatic carbocycles. The van der Waals surface area contributed by atoms with Crippen LogP contribution in [0.5, 0.6) is 0 Å².